The van der Waals surface area contributed by atoms with Gasteiger partial charge in [0.15, 0.2) is 5.69 Å². The lowest BCUT2D eigenvalue weighted by molar-refractivity contribution is -0.0693. The van der Waals surface area contributed by atoms with E-state index in [0.29, 0.717) is 0 Å². The van der Waals surface area contributed by atoms with E-state index in [9.17, 15) is 23.2 Å². The monoisotopic (exact) mass is 359 g/mol. The molecule has 2 aliphatic rings. The molecule has 1 aromatic heterocycles. The Morgan fingerprint density at radius 1 is 1.44 bits per heavy atom. The molecule has 0 aliphatic carbocycles. The summed E-state index contributed by atoms with van der Waals surface area (Å²) < 4.78 is 42.2. The fraction of sp³-hybridized carbons (Fsp3) is 0.500. The SMILES string of the molecule is COC(=O)OCOc1c2n(ccc1=O)N[C@@H]1CC(F)(F)CCN1C2=O. The molecule has 3 heterocycles. The van der Waals surface area contributed by atoms with Crippen molar-refractivity contribution in [3.63, 3.8) is 0 Å². The Bertz CT molecular complexity index is 765. The van der Waals surface area contributed by atoms with Crippen LogP contribution in [0.2, 0.25) is 0 Å². The zero-order valence-electron chi connectivity index (χ0n) is 13.2. The largest absolute Gasteiger partial charge is 0.510 e. The maximum Gasteiger partial charge on any atom is 0.510 e. The van der Waals surface area contributed by atoms with Crippen molar-refractivity contribution in [1.29, 1.82) is 0 Å². The Balaban J connectivity index is 1.88. The molecule has 1 aromatic rings. The molecule has 1 saturated heterocycles. The zero-order chi connectivity index (χ0) is 18.2. The summed E-state index contributed by atoms with van der Waals surface area (Å²) in [5.41, 5.74) is 1.99. The number of rotatable bonds is 3. The van der Waals surface area contributed by atoms with E-state index in [-0.39, 0.29) is 18.0 Å². The highest BCUT2D eigenvalue weighted by atomic mass is 19.3. The molecule has 1 fully saturated rings. The van der Waals surface area contributed by atoms with Crippen molar-refractivity contribution in [2.45, 2.75) is 24.9 Å². The van der Waals surface area contributed by atoms with E-state index in [4.69, 9.17) is 4.74 Å². The molecule has 25 heavy (non-hydrogen) atoms. The highest BCUT2D eigenvalue weighted by molar-refractivity contribution is 5.96. The first-order valence-electron chi connectivity index (χ1n) is 7.37. The maximum absolute atomic E-state index is 13.6. The zero-order valence-corrected chi connectivity index (χ0v) is 13.2. The summed E-state index contributed by atoms with van der Waals surface area (Å²) in [7, 11) is 1.10. The van der Waals surface area contributed by atoms with Crippen LogP contribution in [0.4, 0.5) is 13.6 Å². The van der Waals surface area contributed by atoms with Gasteiger partial charge in [0.1, 0.15) is 6.17 Å². The number of alkyl halides is 2. The van der Waals surface area contributed by atoms with Gasteiger partial charge in [0, 0.05) is 25.2 Å². The van der Waals surface area contributed by atoms with Crippen LogP contribution in [-0.4, -0.2) is 54.2 Å². The minimum atomic E-state index is -2.88. The number of hydrogen-bond acceptors (Lipinski definition) is 7. The summed E-state index contributed by atoms with van der Waals surface area (Å²) in [5.74, 6) is -3.84. The summed E-state index contributed by atoms with van der Waals surface area (Å²) in [6.07, 6.45) is -1.66. The normalized spacial score (nSPS) is 20.8. The Hall–Kier alpha value is -2.85. The number of methoxy groups -OCH3 is 1. The van der Waals surface area contributed by atoms with Gasteiger partial charge in [0.2, 0.25) is 18.0 Å². The lowest BCUT2D eigenvalue weighted by Gasteiger charge is -2.43. The molecule has 1 N–H and O–H groups in total. The lowest BCUT2D eigenvalue weighted by Crippen LogP contribution is -2.59. The molecule has 0 spiro atoms. The van der Waals surface area contributed by atoms with Crippen LogP contribution in [0.25, 0.3) is 0 Å². The first kappa shape index (κ1) is 17.0. The van der Waals surface area contributed by atoms with Crippen LogP contribution < -0.4 is 15.6 Å². The highest BCUT2D eigenvalue weighted by Gasteiger charge is 2.46. The maximum atomic E-state index is 13.6. The number of pyridine rings is 1. The number of halogens is 2. The molecule has 0 aromatic carbocycles. The Kier molecular flexibility index (Phi) is 4.23. The number of carbonyl (C=O) groups excluding carboxylic acids is 2. The second kappa shape index (κ2) is 6.22. The van der Waals surface area contributed by atoms with Crippen molar-refractivity contribution < 1.29 is 32.6 Å². The summed E-state index contributed by atoms with van der Waals surface area (Å²) in [6.45, 7) is -0.807. The summed E-state index contributed by atoms with van der Waals surface area (Å²) in [5, 5.41) is 0. The van der Waals surface area contributed by atoms with Gasteiger partial charge in [0.05, 0.1) is 13.5 Å². The van der Waals surface area contributed by atoms with E-state index in [2.05, 4.69) is 14.9 Å². The number of ether oxygens (including phenoxy) is 3. The highest BCUT2D eigenvalue weighted by Crippen LogP contribution is 2.34. The van der Waals surface area contributed by atoms with E-state index in [0.717, 1.165) is 13.2 Å². The van der Waals surface area contributed by atoms with E-state index in [1.165, 1.54) is 15.8 Å². The van der Waals surface area contributed by atoms with E-state index in [1.807, 2.05) is 0 Å². The van der Waals surface area contributed by atoms with Crippen LogP contribution in [-0.2, 0) is 9.47 Å². The van der Waals surface area contributed by atoms with Crippen LogP contribution in [0.15, 0.2) is 17.1 Å². The number of piperidine rings is 1. The Labute approximate surface area is 140 Å². The fourth-order valence-electron chi connectivity index (χ4n) is 2.75. The van der Waals surface area contributed by atoms with Gasteiger partial charge in [-0.05, 0) is 0 Å². The van der Waals surface area contributed by atoms with E-state index < -0.39 is 49.2 Å². The van der Waals surface area contributed by atoms with Gasteiger partial charge in [-0.25, -0.2) is 13.6 Å². The molecule has 0 bridgehead atoms. The van der Waals surface area contributed by atoms with Crippen LogP contribution in [0.3, 0.4) is 0 Å². The Morgan fingerprint density at radius 2 is 2.20 bits per heavy atom. The molecular formula is C14H15F2N3O6. The molecule has 1 amide bonds. The van der Waals surface area contributed by atoms with Gasteiger partial charge in [0.25, 0.3) is 11.8 Å². The average Bonchev–Trinajstić information content (AvgIpc) is 2.55. The van der Waals surface area contributed by atoms with Crippen LogP contribution in [0.5, 0.6) is 5.75 Å². The van der Waals surface area contributed by atoms with Crippen molar-refractivity contribution in [2.24, 2.45) is 0 Å². The summed E-state index contributed by atoms with van der Waals surface area (Å²) in [4.78, 5) is 36.8. The van der Waals surface area contributed by atoms with Crippen molar-refractivity contribution in [1.82, 2.24) is 9.58 Å². The fourth-order valence-corrected chi connectivity index (χ4v) is 2.75. The molecule has 11 heteroatoms. The molecule has 136 valence electrons. The molecule has 0 radical (unpaired) electrons. The predicted octanol–water partition coefficient (Wildman–Crippen LogP) is 0.722. The molecule has 9 nitrogen and oxygen atoms in total. The topological polar surface area (TPSA) is 99.1 Å². The van der Waals surface area contributed by atoms with Gasteiger partial charge >= 0.3 is 6.16 Å². The Morgan fingerprint density at radius 3 is 2.92 bits per heavy atom. The van der Waals surface area contributed by atoms with E-state index >= 15 is 0 Å². The molecule has 0 unspecified atom stereocenters. The third kappa shape index (κ3) is 3.21. The number of nitrogens with zero attached hydrogens (tertiary/aromatic N) is 2. The second-order valence-electron chi connectivity index (χ2n) is 5.54. The minimum Gasteiger partial charge on any atom is -0.451 e. The summed E-state index contributed by atoms with van der Waals surface area (Å²) >= 11 is 0. The molecule has 0 saturated carbocycles. The third-order valence-electron chi connectivity index (χ3n) is 3.94. The van der Waals surface area contributed by atoms with Crippen molar-refractivity contribution in [3.8, 4) is 5.75 Å². The first-order chi connectivity index (χ1) is 11.8. The van der Waals surface area contributed by atoms with E-state index in [1.54, 1.807) is 0 Å². The van der Waals surface area contributed by atoms with Crippen molar-refractivity contribution in [2.75, 3.05) is 25.9 Å². The molecule has 3 rings (SSSR count). The number of hydrogen-bond donors (Lipinski definition) is 1. The second-order valence-corrected chi connectivity index (χ2v) is 5.54. The van der Waals surface area contributed by atoms with Gasteiger partial charge in [-0.3, -0.25) is 14.3 Å². The molecular weight excluding hydrogens is 344 g/mol. The number of aromatic nitrogens is 1. The average molecular weight is 359 g/mol. The summed E-state index contributed by atoms with van der Waals surface area (Å²) in [6, 6.07) is 1.11. The molecule has 1 atom stereocenters. The lowest BCUT2D eigenvalue weighted by atomic mass is 10.0. The predicted molar refractivity (Wildman–Crippen MR) is 78.1 cm³/mol. The number of amides is 1. The van der Waals surface area contributed by atoms with Gasteiger partial charge in [-0.15, -0.1) is 0 Å². The number of carbonyl (C=O) groups is 2. The van der Waals surface area contributed by atoms with Gasteiger partial charge in [-0.1, -0.05) is 0 Å². The smallest absolute Gasteiger partial charge is 0.451 e. The van der Waals surface area contributed by atoms with Gasteiger partial charge < -0.3 is 24.5 Å². The quantitative estimate of drug-likeness (QED) is 0.627. The minimum absolute atomic E-state index is 0.151. The van der Waals surface area contributed by atoms with Crippen molar-refractivity contribution >= 4 is 12.1 Å². The standard InChI is InChI=1S/C14H15F2N3O6/c1-23-13(22)25-7-24-11-8(20)2-4-19-10(11)12(21)18-5-3-14(15,16)6-9(18)17-19/h2,4,9,17H,3,5-7H2,1H3/t9-/m0/s1. The number of nitrogens with one attached hydrogen (secondary N) is 1. The third-order valence-corrected chi connectivity index (χ3v) is 3.94. The van der Waals surface area contributed by atoms with Crippen LogP contribution in [0, 0.1) is 0 Å². The van der Waals surface area contributed by atoms with Crippen LogP contribution in [0.1, 0.15) is 23.3 Å². The first-order valence-corrected chi connectivity index (χ1v) is 7.37. The van der Waals surface area contributed by atoms with Crippen LogP contribution >= 0.6 is 0 Å². The van der Waals surface area contributed by atoms with Gasteiger partial charge in [-0.2, -0.15) is 0 Å². The number of fused-ring (bicyclic) bond motifs is 2. The van der Waals surface area contributed by atoms with Crippen molar-refractivity contribution in [3.05, 3.63) is 28.2 Å². The molecule has 2 aliphatic heterocycles.